The molecule has 0 atom stereocenters. The number of nitrogens with zero attached hydrogens (tertiary/aromatic N) is 2. The molecule has 0 saturated heterocycles. The number of hydrogen-bond acceptors (Lipinski definition) is 5. The van der Waals surface area contributed by atoms with Crippen LogP contribution < -0.4 is 10.1 Å². The second kappa shape index (κ2) is 11.3. The summed E-state index contributed by atoms with van der Waals surface area (Å²) in [4.78, 5) is 25.1. The number of rotatable bonds is 8. The molecule has 1 N–H and O–H groups in total. The molecule has 0 aliphatic rings. The van der Waals surface area contributed by atoms with Gasteiger partial charge in [0.25, 0.3) is 5.91 Å². The van der Waals surface area contributed by atoms with E-state index in [2.05, 4.69) is 10.4 Å². The lowest BCUT2D eigenvalue weighted by molar-refractivity contribution is 0.0599. The van der Waals surface area contributed by atoms with Gasteiger partial charge in [-0.25, -0.2) is 4.79 Å². The number of nitrogens with one attached hydrogen (secondary N) is 1. The second-order valence-electron chi connectivity index (χ2n) is 8.70. The van der Waals surface area contributed by atoms with Crippen molar-refractivity contribution in [2.45, 2.75) is 33.9 Å². The zero-order valence-electron chi connectivity index (χ0n) is 21.2. The molecular formula is C29H28ClN3O4. The summed E-state index contributed by atoms with van der Waals surface area (Å²) >= 11 is 6.07. The Balaban J connectivity index is 1.43. The van der Waals surface area contributed by atoms with Gasteiger partial charge in [0.1, 0.15) is 12.4 Å². The van der Waals surface area contributed by atoms with Crippen LogP contribution in [0.25, 0.3) is 0 Å². The Kier molecular flexibility index (Phi) is 7.94. The average molecular weight is 518 g/mol. The van der Waals surface area contributed by atoms with Gasteiger partial charge in [0.05, 0.1) is 36.3 Å². The van der Waals surface area contributed by atoms with Crippen molar-refractivity contribution < 1.29 is 19.1 Å². The Labute approximate surface area is 221 Å². The summed E-state index contributed by atoms with van der Waals surface area (Å²) in [5.74, 6) is 0.102. The van der Waals surface area contributed by atoms with Gasteiger partial charge >= 0.3 is 5.97 Å². The van der Waals surface area contributed by atoms with Gasteiger partial charge in [-0.2, -0.15) is 5.10 Å². The topological polar surface area (TPSA) is 82.5 Å². The Hall–Kier alpha value is -4.10. The predicted molar refractivity (Wildman–Crippen MR) is 144 cm³/mol. The van der Waals surface area contributed by atoms with E-state index < -0.39 is 5.97 Å². The molecule has 1 aromatic heterocycles. The van der Waals surface area contributed by atoms with Crippen LogP contribution in [0.4, 0.5) is 5.69 Å². The molecule has 0 unspecified atom stereocenters. The number of halogens is 1. The van der Waals surface area contributed by atoms with E-state index in [1.807, 2.05) is 63.2 Å². The highest BCUT2D eigenvalue weighted by Crippen LogP contribution is 2.24. The molecule has 0 aliphatic carbocycles. The summed E-state index contributed by atoms with van der Waals surface area (Å²) < 4.78 is 12.5. The van der Waals surface area contributed by atoms with Gasteiger partial charge in [-0.1, -0.05) is 41.9 Å². The van der Waals surface area contributed by atoms with Crippen LogP contribution >= 0.6 is 11.6 Å². The molecule has 4 rings (SSSR count). The van der Waals surface area contributed by atoms with Gasteiger partial charge in [0.2, 0.25) is 0 Å². The van der Waals surface area contributed by atoms with Gasteiger partial charge in [0.15, 0.2) is 0 Å². The van der Waals surface area contributed by atoms with E-state index in [4.69, 9.17) is 21.1 Å². The Bertz CT molecular complexity index is 1440. The number of amides is 1. The zero-order chi connectivity index (χ0) is 26.5. The molecule has 190 valence electrons. The van der Waals surface area contributed by atoms with Crippen molar-refractivity contribution in [1.82, 2.24) is 9.78 Å². The lowest BCUT2D eigenvalue weighted by Gasteiger charge is -2.11. The molecule has 0 radical (unpaired) electrons. The first-order valence-electron chi connectivity index (χ1n) is 11.8. The first-order chi connectivity index (χ1) is 17.8. The van der Waals surface area contributed by atoms with Crippen molar-refractivity contribution in [2.75, 3.05) is 12.4 Å². The standard InChI is InChI=1S/C29H28ClN3O4/c1-18-15-24(13-14-26(18)30)37-17-21-9-11-22(12-10-21)28(34)31-27-19(2)32-33(20(27)3)16-23-7-5-6-8-25(23)29(35)36-4/h5-15H,16-17H2,1-4H3,(H,31,34). The summed E-state index contributed by atoms with van der Waals surface area (Å²) in [6, 6.07) is 20.0. The van der Waals surface area contributed by atoms with E-state index in [0.717, 1.165) is 28.1 Å². The highest BCUT2D eigenvalue weighted by molar-refractivity contribution is 6.31. The third-order valence-electron chi connectivity index (χ3n) is 6.11. The van der Waals surface area contributed by atoms with Gasteiger partial charge in [-0.15, -0.1) is 0 Å². The molecule has 8 heteroatoms. The van der Waals surface area contributed by atoms with E-state index in [1.54, 1.807) is 28.9 Å². The summed E-state index contributed by atoms with van der Waals surface area (Å²) in [6.45, 7) is 6.40. The Morgan fingerprint density at radius 3 is 2.43 bits per heavy atom. The van der Waals surface area contributed by atoms with Crippen LogP contribution in [0.15, 0.2) is 66.7 Å². The quantitative estimate of drug-likeness (QED) is 0.284. The molecule has 1 amide bonds. The summed E-state index contributed by atoms with van der Waals surface area (Å²) in [5, 5.41) is 8.26. The smallest absolute Gasteiger partial charge is 0.338 e. The Morgan fingerprint density at radius 2 is 1.73 bits per heavy atom. The first-order valence-corrected chi connectivity index (χ1v) is 12.1. The van der Waals surface area contributed by atoms with E-state index in [0.29, 0.717) is 40.7 Å². The largest absolute Gasteiger partial charge is 0.489 e. The highest BCUT2D eigenvalue weighted by atomic mass is 35.5. The fourth-order valence-corrected chi connectivity index (χ4v) is 4.09. The normalized spacial score (nSPS) is 10.7. The van der Waals surface area contributed by atoms with Crippen molar-refractivity contribution in [3.05, 3.63) is 111 Å². The van der Waals surface area contributed by atoms with Crippen molar-refractivity contribution in [3.8, 4) is 5.75 Å². The van der Waals surface area contributed by atoms with Crippen molar-refractivity contribution in [3.63, 3.8) is 0 Å². The number of ether oxygens (including phenoxy) is 2. The molecule has 0 fully saturated rings. The molecule has 0 aliphatic heterocycles. The lowest BCUT2D eigenvalue weighted by Crippen LogP contribution is -2.14. The lowest BCUT2D eigenvalue weighted by atomic mass is 10.1. The van der Waals surface area contributed by atoms with Crippen LogP contribution in [0, 0.1) is 20.8 Å². The molecule has 3 aromatic carbocycles. The molecule has 0 spiro atoms. The summed E-state index contributed by atoms with van der Waals surface area (Å²) in [5.41, 5.74) is 5.79. The monoisotopic (exact) mass is 517 g/mol. The molecule has 7 nitrogen and oxygen atoms in total. The number of carbonyl (C=O) groups is 2. The number of methoxy groups -OCH3 is 1. The summed E-state index contributed by atoms with van der Waals surface area (Å²) in [7, 11) is 1.36. The van der Waals surface area contributed by atoms with Crippen LogP contribution in [0.5, 0.6) is 5.75 Å². The first kappa shape index (κ1) is 26.0. The van der Waals surface area contributed by atoms with Crippen LogP contribution in [0.1, 0.15) is 48.8 Å². The molecular weight excluding hydrogens is 490 g/mol. The molecule has 4 aromatic rings. The Morgan fingerprint density at radius 1 is 1.00 bits per heavy atom. The zero-order valence-corrected chi connectivity index (χ0v) is 21.9. The number of esters is 1. The summed E-state index contributed by atoms with van der Waals surface area (Å²) in [6.07, 6.45) is 0. The second-order valence-corrected chi connectivity index (χ2v) is 9.11. The van der Waals surface area contributed by atoms with E-state index in [9.17, 15) is 9.59 Å². The minimum absolute atomic E-state index is 0.235. The van der Waals surface area contributed by atoms with Crippen LogP contribution in [-0.4, -0.2) is 28.8 Å². The average Bonchev–Trinajstić information content (AvgIpc) is 3.16. The maximum Gasteiger partial charge on any atom is 0.338 e. The molecule has 37 heavy (non-hydrogen) atoms. The van der Waals surface area contributed by atoms with Crippen molar-refractivity contribution in [2.24, 2.45) is 0 Å². The number of carbonyl (C=O) groups excluding carboxylic acids is 2. The van der Waals surface area contributed by atoms with E-state index in [-0.39, 0.29) is 5.91 Å². The number of aryl methyl sites for hydroxylation is 2. The van der Waals surface area contributed by atoms with Gasteiger partial charge < -0.3 is 14.8 Å². The van der Waals surface area contributed by atoms with Crippen molar-refractivity contribution in [1.29, 1.82) is 0 Å². The molecule has 1 heterocycles. The fourth-order valence-electron chi connectivity index (χ4n) is 3.97. The van der Waals surface area contributed by atoms with Crippen LogP contribution in [-0.2, 0) is 17.9 Å². The predicted octanol–water partition coefficient (Wildman–Crippen LogP) is 6.13. The number of benzene rings is 3. The molecule has 0 bridgehead atoms. The maximum absolute atomic E-state index is 13.0. The van der Waals surface area contributed by atoms with Gasteiger partial charge in [-0.3, -0.25) is 9.48 Å². The van der Waals surface area contributed by atoms with Crippen molar-refractivity contribution >= 4 is 29.2 Å². The highest BCUT2D eigenvalue weighted by Gasteiger charge is 2.18. The minimum Gasteiger partial charge on any atom is -0.489 e. The third-order valence-corrected chi connectivity index (χ3v) is 6.54. The maximum atomic E-state index is 13.0. The van der Waals surface area contributed by atoms with E-state index in [1.165, 1.54) is 7.11 Å². The van der Waals surface area contributed by atoms with Gasteiger partial charge in [-0.05, 0) is 73.9 Å². The third kappa shape index (κ3) is 6.01. The SMILES string of the molecule is COC(=O)c1ccccc1Cn1nc(C)c(NC(=O)c2ccc(COc3ccc(Cl)c(C)c3)cc2)c1C. The van der Waals surface area contributed by atoms with E-state index >= 15 is 0 Å². The minimum atomic E-state index is -0.400. The van der Waals surface area contributed by atoms with Crippen LogP contribution in [0.2, 0.25) is 5.02 Å². The van der Waals surface area contributed by atoms with Gasteiger partial charge in [0, 0.05) is 10.6 Å². The van der Waals surface area contributed by atoms with Crippen LogP contribution in [0.3, 0.4) is 0 Å². The fraction of sp³-hybridized carbons (Fsp3) is 0.207. The number of aromatic nitrogens is 2. The molecule has 0 saturated carbocycles. The number of hydrogen-bond donors (Lipinski definition) is 1. The number of anilines is 1.